The normalized spacial score (nSPS) is 12.0. The molecule has 190 valence electrons. The second-order valence-corrected chi connectivity index (χ2v) is 7.67. The molecule has 0 saturated carbocycles. The summed E-state index contributed by atoms with van der Waals surface area (Å²) in [6.45, 7) is 0. The minimum Gasteiger partial charge on any atom is -0.356 e. The van der Waals surface area contributed by atoms with Crippen molar-refractivity contribution in [1.29, 1.82) is 0 Å². The highest BCUT2D eigenvalue weighted by molar-refractivity contribution is 6.00. The number of pyridine rings is 1. The molecule has 0 bridgehead atoms. The minimum absolute atomic E-state index is 0.0484. The maximum Gasteiger partial charge on any atom is 0.471 e. The lowest BCUT2D eigenvalue weighted by molar-refractivity contribution is -0.167. The van der Waals surface area contributed by atoms with Crippen LogP contribution in [0.2, 0.25) is 0 Å². The van der Waals surface area contributed by atoms with Gasteiger partial charge in [0, 0.05) is 24.9 Å². The number of nitrogens with one attached hydrogen (secondary N) is 2. The molecule has 0 aliphatic rings. The van der Waals surface area contributed by atoms with Crippen LogP contribution in [-0.4, -0.2) is 34.4 Å². The Morgan fingerprint density at radius 3 is 2.27 bits per heavy atom. The van der Waals surface area contributed by atoms with Gasteiger partial charge in [-0.05, 0) is 41.0 Å². The smallest absolute Gasteiger partial charge is 0.356 e. The molecule has 0 radical (unpaired) electrons. The lowest BCUT2D eigenvalue weighted by atomic mass is 9.98. The summed E-state index contributed by atoms with van der Waals surface area (Å²) in [5.41, 5.74) is 0.144. The van der Waals surface area contributed by atoms with Gasteiger partial charge in [-0.2, -0.15) is 13.2 Å². The summed E-state index contributed by atoms with van der Waals surface area (Å²) in [6.07, 6.45) is -2.71. The molecule has 4 rings (SSSR count). The van der Waals surface area contributed by atoms with Crippen molar-refractivity contribution in [2.24, 2.45) is 0 Å². The Morgan fingerprint density at radius 2 is 1.62 bits per heavy atom. The average molecular weight is 518 g/mol. The Bertz CT molecular complexity index is 1540. The fourth-order valence-corrected chi connectivity index (χ4v) is 3.59. The number of carbonyl (C=O) groups is 2. The number of alkyl halides is 3. The van der Waals surface area contributed by atoms with Crippen LogP contribution < -0.4 is 10.6 Å². The number of fused-ring (bicyclic) bond motifs is 1. The van der Waals surface area contributed by atoms with Gasteiger partial charge in [-0.3, -0.25) is 14.0 Å². The first-order valence-electron chi connectivity index (χ1n) is 10.5. The van der Waals surface area contributed by atoms with Crippen molar-refractivity contribution in [3.05, 3.63) is 95.4 Å². The molecule has 2 aromatic heterocycles. The van der Waals surface area contributed by atoms with Gasteiger partial charge in [0.15, 0.2) is 23.3 Å². The molecule has 0 fully saturated rings. The van der Waals surface area contributed by atoms with Crippen LogP contribution in [0.4, 0.5) is 32.2 Å². The highest BCUT2D eigenvalue weighted by Crippen LogP contribution is 2.35. The van der Waals surface area contributed by atoms with E-state index in [0.717, 1.165) is 10.5 Å². The van der Waals surface area contributed by atoms with Crippen LogP contribution in [0, 0.1) is 17.5 Å². The first kappa shape index (κ1) is 25.5. The summed E-state index contributed by atoms with van der Waals surface area (Å²) in [7, 11) is 1.42. The van der Waals surface area contributed by atoms with E-state index in [2.05, 4.69) is 10.3 Å². The van der Waals surface area contributed by atoms with E-state index in [4.69, 9.17) is 0 Å². The molecule has 0 saturated heterocycles. The van der Waals surface area contributed by atoms with Crippen LogP contribution in [0.15, 0.2) is 66.9 Å². The van der Waals surface area contributed by atoms with Gasteiger partial charge in [-0.15, -0.1) is 0 Å². The molecule has 0 aliphatic carbocycles. The van der Waals surface area contributed by atoms with E-state index in [1.807, 2.05) is 0 Å². The Morgan fingerprint density at radius 1 is 0.919 bits per heavy atom. The molecule has 0 unspecified atom stereocenters. The Kier molecular flexibility index (Phi) is 6.75. The van der Waals surface area contributed by atoms with E-state index < -0.39 is 52.5 Å². The van der Waals surface area contributed by atoms with Crippen molar-refractivity contribution in [2.75, 3.05) is 12.4 Å². The average Bonchev–Trinajstić information content (AvgIpc) is 3.22. The predicted molar refractivity (Wildman–Crippen MR) is 123 cm³/mol. The maximum atomic E-state index is 14.8. The maximum absolute atomic E-state index is 14.8. The van der Waals surface area contributed by atoms with Crippen LogP contribution in [0.25, 0.3) is 22.5 Å². The van der Waals surface area contributed by atoms with Crippen molar-refractivity contribution in [1.82, 2.24) is 14.7 Å². The highest BCUT2D eigenvalue weighted by Gasteiger charge is 2.40. The molecule has 2 heterocycles. The molecule has 0 spiro atoms. The van der Waals surface area contributed by atoms with Gasteiger partial charge in [0.1, 0.15) is 11.3 Å². The van der Waals surface area contributed by atoms with Crippen molar-refractivity contribution in [3.63, 3.8) is 0 Å². The molecule has 37 heavy (non-hydrogen) atoms. The second kappa shape index (κ2) is 9.80. The fraction of sp³-hybridized carbons (Fsp3) is 0.0800. The second-order valence-electron chi connectivity index (χ2n) is 7.67. The number of hydrogen-bond acceptors (Lipinski definition) is 3. The molecular formula is C25H16F6N4O2. The molecule has 12 heteroatoms. The number of benzene rings is 2. The number of rotatable bonds is 5. The predicted octanol–water partition coefficient (Wildman–Crippen LogP) is 5.10. The van der Waals surface area contributed by atoms with Crippen molar-refractivity contribution < 1.29 is 35.9 Å². The Balaban J connectivity index is 2.00. The summed E-state index contributed by atoms with van der Waals surface area (Å²) >= 11 is 0. The lowest BCUT2D eigenvalue weighted by Gasteiger charge is -2.12. The SMILES string of the molecule is CNC(=O)/C=C(\c1ccccc1)c1ccc2nc(NC(=O)C(F)(F)F)c(-c3ccc(F)c(F)c3F)n2c1. The van der Waals surface area contributed by atoms with E-state index in [-0.39, 0.29) is 5.65 Å². The number of hydrogen-bond donors (Lipinski definition) is 2. The van der Waals surface area contributed by atoms with E-state index >= 15 is 0 Å². The first-order chi connectivity index (χ1) is 17.5. The van der Waals surface area contributed by atoms with Gasteiger partial charge in [0.2, 0.25) is 5.91 Å². The van der Waals surface area contributed by atoms with Gasteiger partial charge in [0.05, 0.1) is 0 Å². The summed E-state index contributed by atoms with van der Waals surface area (Å²) < 4.78 is 82.4. The van der Waals surface area contributed by atoms with Crippen LogP contribution in [0.5, 0.6) is 0 Å². The number of anilines is 1. The molecule has 2 N–H and O–H groups in total. The number of imidazole rings is 1. The van der Waals surface area contributed by atoms with Crippen LogP contribution in [0.3, 0.4) is 0 Å². The van der Waals surface area contributed by atoms with Gasteiger partial charge >= 0.3 is 12.1 Å². The Hall–Kier alpha value is -4.61. The monoisotopic (exact) mass is 518 g/mol. The molecular weight excluding hydrogens is 502 g/mol. The Labute approximate surface area is 205 Å². The van der Waals surface area contributed by atoms with Crippen LogP contribution in [0.1, 0.15) is 11.1 Å². The summed E-state index contributed by atoms with van der Waals surface area (Å²) in [5.74, 6) is -8.67. The third kappa shape index (κ3) is 5.03. The van der Waals surface area contributed by atoms with E-state index in [1.54, 1.807) is 35.6 Å². The minimum atomic E-state index is -5.30. The summed E-state index contributed by atoms with van der Waals surface area (Å²) in [6, 6.07) is 12.9. The molecule has 0 atom stereocenters. The van der Waals surface area contributed by atoms with Crippen LogP contribution in [-0.2, 0) is 9.59 Å². The fourth-order valence-electron chi connectivity index (χ4n) is 3.59. The highest BCUT2D eigenvalue weighted by atomic mass is 19.4. The topological polar surface area (TPSA) is 75.5 Å². The number of likely N-dealkylation sites (N-methyl/N-ethyl adjacent to an activating group) is 1. The molecule has 2 aromatic carbocycles. The number of aromatic nitrogens is 2. The van der Waals surface area contributed by atoms with Crippen molar-refractivity contribution in [3.8, 4) is 11.3 Å². The number of carbonyl (C=O) groups excluding carboxylic acids is 2. The molecule has 2 amide bonds. The van der Waals surface area contributed by atoms with E-state index in [0.29, 0.717) is 22.8 Å². The summed E-state index contributed by atoms with van der Waals surface area (Å²) in [4.78, 5) is 27.8. The third-order valence-electron chi connectivity index (χ3n) is 5.32. The largest absolute Gasteiger partial charge is 0.471 e. The zero-order chi connectivity index (χ0) is 26.9. The van der Waals surface area contributed by atoms with Crippen molar-refractivity contribution in [2.45, 2.75) is 6.18 Å². The van der Waals surface area contributed by atoms with E-state index in [1.165, 1.54) is 31.5 Å². The molecule has 6 nitrogen and oxygen atoms in total. The zero-order valence-corrected chi connectivity index (χ0v) is 18.8. The van der Waals surface area contributed by atoms with Gasteiger partial charge in [-0.1, -0.05) is 30.3 Å². The van der Waals surface area contributed by atoms with Gasteiger partial charge < -0.3 is 10.6 Å². The summed E-state index contributed by atoms with van der Waals surface area (Å²) in [5, 5.41) is 4.02. The number of nitrogens with zero attached hydrogens (tertiary/aromatic N) is 2. The van der Waals surface area contributed by atoms with E-state index in [9.17, 15) is 35.9 Å². The standard InChI is InChI=1S/C25H16F6N4O2/c1-32-19(36)11-16(13-5-3-2-4-6-13)14-7-10-18-33-23(34-24(37)25(29,30)31)22(35(18)12-14)15-8-9-17(26)21(28)20(15)27/h2-12H,1H3,(H,32,36)(H,34,37)/b16-11+. The molecule has 0 aliphatic heterocycles. The van der Waals surface area contributed by atoms with Gasteiger partial charge in [0.25, 0.3) is 0 Å². The first-order valence-corrected chi connectivity index (χ1v) is 10.5. The number of halogens is 6. The zero-order valence-electron chi connectivity index (χ0n) is 18.8. The third-order valence-corrected chi connectivity index (χ3v) is 5.32. The quantitative estimate of drug-likeness (QED) is 0.219. The lowest BCUT2D eigenvalue weighted by Crippen LogP contribution is -2.30. The van der Waals surface area contributed by atoms with Gasteiger partial charge in [-0.25, -0.2) is 18.2 Å². The van der Waals surface area contributed by atoms with Crippen molar-refractivity contribution >= 4 is 28.9 Å². The number of amides is 2. The van der Waals surface area contributed by atoms with Crippen LogP contribution >= 0.6 is 0 Å². The molecule has 4 aromatic rings.